The van der Waals surface area contributed by atoms with Gasteiger partial charge in [0, 0.05) is 11.5 Å². The number of aryl methyl sites for hydroxylation is 1. The number of rotatable bonds is 0. The van der Waals surface area contributed by atoms with Crippen molar-refractivity contribution in [2.45, 2.75) is 13.1 Å². The Balaban J connectivity index is 3.19. The SMILES string of the molecule is Cc1cnc(C(F)(F)F)c(P)c1. The topological polar surface area (TPSA) is 12.9 Å². The van der Waals surface area contributed by atoms with Crippen molar-refractivity contribution in [1.29, 1.82) is 0 Å². The second-order valence-corrected chi connectivity index (χ2v) is 3.07. The summed E-state index contributed by atoms with van der Waals surface area (Å²) in [6.07, 6.45) is -3.15. The standard InChI is InChI=1S/C7H7F3NP/c1-4-2-5(12)6(11-3-4)7(8,9)10/h2-3H,12H2,1H3. The van der Waals surface area contributed by atoms with Gasteiger partial charge < -0.3 is 0 Å². The minimum Gasteiger partial charge on any atom is -0.251 e. The third-order valence-electron chi connectivity index (χ3n) is 1.32. The summed E-state index contributed by atoms with van der Waals surface area (Å²) in [6.45, 7) is 1.70. The van der Waals surface area contributed by atoms with Crippen molar-refractivity contribution in [1.82, 2.24) is 4.98 Å². The number of nitrogens with zero attached hydrogens (tertiary/aromatic N) is 1. The smallest absolute Gasteiger partial charge is 0.251 e. The molecule has 0 fully saturated rings. The Bertz CT molecular complexity index is 295. The van der Waals surface area contributed by atoms with Crippen LogP contribution in [-0.4, -0.2) is 4.98 Å². The maximum absolute atomic E-state index is 12.1. The first kappa shape index (κ1) is 9.46. The molecule has 0 aliphatic heterocycles. The van der Waals surface area contributed by atoms with Crippen LogP contribution < -0.4 is 5.30 Å². The van der Waals surface area contributed by atoms with E-state index in [-0.39, 0.29) is 5.30 Å². The summed E-state index contributed by atoms with van der Waals surface area (Å²) in [4.78, 5) is 3.30. The number of halogens is 3. The van der Waals surface area contributed by atoms with E-state index in [0.717, 1.165) is 0 Å². The van der Waals surface area contributed by atoms with Crippen LogP contribution in [0.3, 0.4) is 0 Å². The van der Waals surface area contributed by atoms with Crippen LogP contribution in [0.15, 0.2) is 12.3 Å². The van der Waals surface area contributed by atoms with Gasteiger partial charge in [-0.25, -0.2) is 0 Å². The van der Waals surface area contributed by atoms with Crippen LogP contribution in [0.2, 0.25) is 0 Å². The average Bonchev–Trinajstić information content (AvgIpc) is 1.83. The molecule has 1 heterocycles. The average molecular weight is 193 g/mol. The summed E-state index contributed by atoms with van der Waals surface area (Å²) in [5.74, 6) is 0. The van der Waals surface area contributed by atoms with E-state index in [4.69, 9.17) is 0 Å². The van der Waals surface area contributed by atoms with E-state index in [1.807, 2.05) is 9.24 Å². The molecule has 5 heteroatoms. The first-order valence-corrected chi connectivity index (χ1v) is 3.78. The third-order valence-corrected chi connectivity index (χ3v) is 1.76. The molecule has 1 aromatic rings. The Morgan fingerprint density at radius 1 is 1.42 bits per heavy atom. The highest BCUT2D eigenvalue weighted by Crippen LogP contribution is 2.26. The van der Waals surface area contributed by atoms with Gasteiger partial charge in [0.1, 0.15) is 0 Å². The van der Waals surface area contributed by atoms with Crippen LogP contribution in [0, 0.1) is 6.92 Å². The van der Waals surface area contributed by atoms with Crippen molar-refractivity contribution in [2.24, 2.45) is 0 Å². The molecular formula is C7H7F3NP. The maximum atomic E-state index is 12.1. The Morgan fingerprint density at radius 3 is 2.42 bits per heavy atom. The fourth-order valence-corrected chi connectivity index (χ4v) is 1.33. The van der Waals surface area contributed by atoms with E-state index < -0.39 is 11.9 Å². The quantitative estimate of drug-likeness (QED) is 0.573. The van der Waals surface area contributed by atoms with Crippen molar-refractivity contribution in [2.75, 3.05) is 0 Å². The maximum Gasteiger partial charge on any atom is 0.433 e. The van der Waals surface area contributed by atoms with E-state index in [1.165, 1.54) is 12.3 Å². The Hall–Kier alpha value is -0.630. The van der Waals surface area contributed by atoms with Gasteiger partial charge in [0.05, 0.1) is 0 Å². The molecule has 1 nitrogen and oxygen atoms in total. The highest BCUT2D eigenvalue weighted by Gasteiger charge is 2.34. The van der Waals surface area contributed by atoms with Gasteiger partial charge in [-0.05, 0) is 18.6 Å². The summed E-state index contributed by atoms with van der Waals surface area (Å²) in [5.41, 5.74) is -0.119. The Labute approximate surface area is 70.2 Å². The van der Waals surface area contributed by atoms with Crippen molar-refractivity contribution >= 4 is 14.5 Å². The number of pyridine rings is 1. The molecule has 0 saturated heterocycles. The Morgan fingerprint density at radius 2 is 2.00 bits per heavy atom. The minimum absolute atomic E-state index is 0.0856. The normalized spacial score (nSPS) is 11.8. The molecule has 1 atom stereocenters. The summed E-state index contributed by atoms with van der Waals surface area (Å²) in [5, 5.41) is 0.0856. The molecule has 0 aliphatic carbocycles. The van der Waals surface area contributed by atoms with E-state index in [9.17, 15) is 13.2 Å². The fraction of sp³-hybridized carbons (Fsp3) is 0.286. The molecule has 0 saturated carbocycles. The van der Waals surface area contributed by atoms with Crippen LogP contribution >= 0.6 is 9.24 Å². The molecule has 0 aliphatic rings. The van der Waals surface area contributed by atoms with Gasteiger partial charge in [0.25, 0.3) is 0 Å². The summed E-state index contributed by atoms with van der Waals surface area (Å²) >= 11 is 0. The molecule has 12 heavy (non-hydrogen) atoms. The predicted octanol–water partition coefficient (Wildman–Crippen LogP) is 1.91. The molecule has 66 valence electrons. The molecule has 0 N–H and O–H groups in total. The lowest BCUT2D eigenvalue weighted by Crippen LogP contribution is -2.17. The lowest BCUT2D eigenvalue weighted by atomic mass is 10.3. The van der Waals surface area contributed by atoms with Gasteiger partial charge in [0.2, 0.25) is 0 Å². The predicted molar refractivity (Wildman–Crippen MR) is 43.3 cm³/mol. The lowest BCUT2D eigenvalue weighted by Gasteiger charge is -2.08. The molecule has 1 aromatic heterocycles. The number of hydrogen-bond donors (Lipinski definition) is 0. The van der Waals surface area contributed by atoms with Gasteiger partial charge in [-0.3, -0.25) is 4.98 Å². The highest BCUT2D eigenvalue weighted by atomic mass is 31.0. The van der Waals surface area contributed by atoms with E-state index in [0.29, 0.717) is 5.56 Å². The minimum atomic E-state index is -4.36. The van der Waals surface area contributed by atoms with Crippen molar-refractivity contribution in [3.8, 4) is 0 Å². The van der Waals surface area contributed by atoms with Crippen molar-refractivity contribution < 1.29 is 13.2 Å². The first-order chi connectivity index (χ1) is 5.41. The summed E-state index contributed by atoms with van der Waals surface area (Å²) in [7, 11) is 2.03. The van der Waals surface area contributed by atoms with Gasteiger partial charge >= 0.3 is 6.18 Å². The van der Waals surface area contributed by atoms with Crippen LogP contribution in [0.25, 0.3) is 0 Å². The zero-order valence-corrected chi connectivity index (χ0v) is 7.47. The van der Waals surface area contributed by atoms with Gasteiger partial charge in [-0.2, -0.15) is 13.2 Å². The monoisotopic (exact) mass is 193 g/mol. The molecule has 0 aromatic carbocycles. The van der Waals surface area contributed by atoms with Crippen LogP contribution in [0.4, 0.5) is 13.2 Å². The zero-order valence-electron chi connectivity index (χ0n) is 6.31. The third kappa shape index (κ3) is 1.95. The second-order valence-electron chi connectivity index (χ2n) is 2.45. The second kappa shape index (κ2) is 3.02. The number of hydrogen-bond acceptors (Lipinski definition) is 1. The van der Waals surface area contributed by atoms with Crippen molar-refractivity contribution in [3.05, 3.63) is 23.5 Å². The molecule has 0 radical (unpaired) electrons. The molecular weight excluding hydrogens is 186 g/mol. The first-order valence-electron chi connectivity index (χ1n) is 3.20. The van der Waals surface area contributed by atoms with Crippen molar-refractivity contribution in [3.63, 3.8) is 0 Å². The molecule has 0 amide bonds. The summed E-state index contributed by atoms with van der Waals surface area (Å²) in [6, 6.07) is 1.43. The fourth-order valence-electron chi connectivity index (χ4n) is 0.829. The lowest BCUT2D eigenvalue weighted by molar-refractivity contribution is -0.140. The van der Waals surface area contributed by atoms with Gasteiger partial charge in [-0.15, -0.1) is 9.24 Å². The Kier molecular flexibility index (Phi) is 2.38. The molecule has 1 unspecified atom stereocenters. The van der Waals surface area contributed by atoms with Gasteiger partial charge in [0.15, 0.2) is 5.69 Å². The molecule has 0 spiro atoms. The van der Waals surface area contributed by atoms with E-state index in [1.54, 1.807) is 6.92 Å². The highest BCUT2D eigenvalue weighted by molar-refractivity contribution is 7.27. The summed E-state index contributed by atoms with van der Waals surface area (Å²) < 4.78 is 36.3. The van der Waals surface area contributed by atoms with Crippen LogP contribution in [0.5, 0.6) is 0 Å². The molecule has 1 rings (SSSR count). The van der Waals surface area contributed by atoms with Gasteiger partial charge in [-0.1, -0.05) is 0 Å². The van der Waals surface area contributed by atoms with E-state index in [2.05, 4.69) is 4.98 Å². The largest absolute Gasteiger partial charge is 0.433 e. The van der Waals surface area contributed by atoms with Crippen LogP contribution in [0.1, 0.15) is 11.3 Å². The zero-order chi connectivity index (χ0) is 9.35. The number of aromatic nitrogens is 1. The van der Waals surface area contributed by atoms with E-state index >= 15 is 0 Å². The van der Waals surface area contributed by atoms with Crippen LogP contribution in [-0.2, 0) is 6.18 Å². The molecule has 0 bridgehead atoms. The number of alkyl halides is 3.